The van der Waals surface area contributed by atoms with Crippen molar-refractivity contribution in [2.75, 3.05) is 6.54 Å². The van der Waals surface area contributed by atoms with E-state index in [0.29, 0.717) is 0 Å². The zero-order valence-corrected chi connectivity index (χ0v) is 17.4. The second-order valence-electron chi connectivity index (χ2n) is 6.80. The molecule has 0 radical (unpaired) electrons. The number of rotatable bonds is 9. The maximum atomic E-state index is 12.5. The molecule has 0 spiro atoms. The Morgan fingerprint density at radius 3 is 1.96 bits per heavy atom. The average Bonchev–Trinajstić information content (AvgIpc) is 2.59. The van der Waals surface area contributed by atoms with Gasteiger partial charge in [-0.05, 0) is 58.9 Å². The van der Waals surface area contributed by atoms with Crippen LogP contribution in [0.25, 0.3) is 0 Å². The van der Waals surface area contributed by atoms with Crippen molar-refractivity contribution in [2.24, 2.45) is 5.73 Å². The SMILES string of the molecule is CC(C)N(C(=O)[C@H](C)OC(=O)c1ccc(S(=O)(=O)NCC(N)=O)cc1)C(C)C. The number of nitrogens with zero attached hydrogens (tertiary/aromatic N) is 1. The maximum Gasteiger partial charge on any atom is 0.338 e. The first-order valence-electron chi connectivity index (χ1n) is 8.78. The number of benzene rings is 1. The summed E-state index contributed by atoms with van der Waals surface area (Å²) in [5, 5.41) is 0. The highest BCUT2D eigenvalue weighted by atomic mass is 32.2. The van der Waals surface area contributed by atoms with Gasteiger partial charge in [-0.2, -0.15) is 0 Å². The zero-order chi connectivity index (χ0) is 21.6. The van der Waals surface area contributed by atoms with Crippen molar-refractivity contribution in [3.63, 3.8) is 0 Å². The molecule has 0 aliphatic carbocycles. The molecular weight excluding hydrogens is 386 g/mol. The molecule has 1 atom stereocenters. The van der Waals surface area contributed by atoms with Gasteiger partial charge in [0.2, 0.25) is 15.9 Å². The molecule has 9 nitrogen and oxygen atoms in total. The molecule has 0 aromatic heterocycles. The molecule has 3 N–H and O–H groups in total. The number of primary amides is 1. The molecule has 1 aromatic rings. The smallest absolute Gasteiger partial charge is 0.338 e. The van der Waals surface area contributed by atoms with Crippen LogP contribution in [0.4, 0.5) is 0 Å². The highest BCUT2D eigenvalue weighted by Crippen LogP contribution is 2.14. The summed E-state index contributed by atoms with van der Waals surface area (Å²) in [6.07, 6.45) is -0.988. The topological polar surface area (TPSA) is 136 Å². The van der Waals surface area contributed by atoms with Gasteiger partial charge in [0.05, 0.1) is 17.0 Å². The third-order valence-electron chi connectivity index (χ3n) is 3.84. The lowest BCUT2D eigenvalue weighted by molar-refractivity contribution is -0.143. The standard InChI is InChI=1S/C18H27N3O6S/c1-11(2)21(12(3)4)17(23)13(5)27-18(24)14-6-8-15(9-7-14)28(25,26)20-10-16(19)22/h6-9,11-13,20H,10H2,1-5H3,(H2,19,22)/t13-/m0/s1. The molecule has 0 fully saturated rings. The van der Waals surface area contributed by atoms with E-state index in [1.165, 1.54) is 31.2 Å². The Kier molecular flexibility index (Phi) is 8.13. The molecule has 1 aromatic carbocycles. The number of esters is 1. The maximum absolute atomic E-state index is 12.5. The van der Waals surface area contributed by atoms with Crippen molar-refractivity contribution in [1.29, 1.82) is 0 Å². The number of nitrogens with one attached hydrogen (secondary N) is 1. The van der Waals surface area contributed by atoms with Gasteiger partial charge in [0.1, 0.15) is 0 Å². The van der Waals surface area contributed by atoms with Gasteiger partial charge in [0.25, 0.3) is 5.91 Å². The Balaban J connectivity index is 2.85. The summed E-state index contributed by atoms with van der Waals surface area (Å²) >= 11 is 0. The molecule has 0 saturated heterocycles. The predicted molar refractivity (Wildman–Crippen MR) is 103 cm³/mol. The van der Waals surface area contributed by atoms with Crippen LogP contribution in [-0.4, -0.2) is 55.8 Å². The Bertz CT molecular complexity index is 810. The molecule has 2 amide bonds. The predicted octanol–water partition coefficient (Wildman–Crippen LogP) is 0.641. The number of sulfonamides is 1. The fraction of sp³-hybridized carbons (Fsp3) is 0.500. The van der Waals surface area contributed by atoms with Crippen molar-refractivity contribution >= 4 is 27.8 Å². The highest BCUT2D eigenvalue weighted by molar-refractivity contribution is 7.89. The summed E-state index contributed by atoms with van der Waals surface area (Å²) in [6.45, 7) is 8.45. The lowest BCUT2D eigenvalue weighted by Crippen LogP contribution is -2.47. The summed E-state index contributed by atoms with van der Waals surface area (Å²) in [5.41, 5.74) is 5.00. The van der Waals surface area contributed by atoms with E-state index in [0.717, 1.165) is 0 Å². The van der Waals surface area contributed by atoms with E-state index in [9.17, 15) is 22.8 Å². The van der Waals surface area contributed by atoms with Gasteiger partial charge in [-0.25, -0.2) is 17.9 Å². The van der Waals surface area contributed by atoms with E-state index in [1.54, 1.807) is 4.90 Å². The second kappa shape index (κ2) is 9.65. The van der Waals surface area contributed by atoms with Crippen molar-refractivity contribution in [3.8, 4) is 0 Å². The van der Waals surface area contributed by atoms with Gasteiger partial charge in [-0.3, -0.25) is 9.59 Å². The largest absolute Gasteiger partial charge is 0.449 e. The van der Waals surface area contributed by atoms with E-state index in [4.69, 9.17) is 10.5 Å². The number of carbonyl (C=O) groups is 3. The van der Waals surface area contributed by atoms with Gasteiger partial charge in [-0.15, -0.1) is 0 Å². The van der Waals surface area contributed by atoms with E-state index < -0.39 is 34.5 Å². The van der Waals surface area contributed by atoms with Crippen LogP contribution in [0.5, 0.6) is 0 Å². The lowest BCUT2D eigenvalue weighted by Gasteiger charge is -2.32. The van der Waals surface area contributed by atoms with Crippen LogP contribution < -0.4 is 10.5 Å². The molecule has 0 aliphatic rings. The quantitative estimate of drug-likeness (QED) is 0.570. The number of carbonyl (C=O) groups excluding carboxylic acids is 3. The number of ether oxygens (including phenoxy) is 1. The number of nitrogens with two attached hydrogens (primary N) is 1. The van der Waals surface area contributed by atoms with Crippen LogP contribution in [0.2, 0.25) is 0 Å². The molecule has 0 bridgehead atoms. The fourth-order valence-electron chi connectivity index (χ4n) is 2.61. The molecule has 0 aliphatic heterocycles. The molecule has 1 rings (SSSR count). The average molecular weight is 413 g/mol. The Morgan fingerprint density at radius 1 is 1.04 bits per heavy atom. The first-order valence-corrected chi connectivity index (χ1v) is 10.3. The van der Waals surface area contributed by atoms with E-state index in [2.05, 4.69) is 0 Å². The van der Waals surface area contributed by atoms with E-state index >= 15 is 0 Å². The van der Waals surface area contributed by atoms with Crippen molar-refractivity contribution < 1.29 is 27.5 Å². The van der Waals surface area contributed by atoms with Crippen LogP contribution in [0.15, 0.2) is 29.2 Å². The molecule has 10 heteroatoms. The van der Waals surface area contributed by atoms with Crippen LogP contribution >= 0.6 is 0 Å². The monoisotopic (exact) mass is 413 g/mol. The lowest BCUT2D eigenvalue weighted by atomic mass is 10.2. The van der Waals surface area contributed by atoms with Crippen molar-refractivity contribution in [3.05, 3.63) is 29.8 Å². The van der Waals surface area contributed by atoms with Gasteiger partial charge in [-0.1, -0.05) is 0 Å². The molecule has 0 heterocycles. The normalized spacial score (nSPS) is 12.7. The first kappa shape index (κ1) is 23.6. The van der Waals surface area contributed by atoms with Gasteiger partial charge in [0.15, 0.2) is 6.10 Å². The summed E-state index contributed by atoms with van der Waals surface area (Å²) in [4.78, 5) is 37.0. The van der Waals surface area contributed by atoms with E-state index in [1.807, 2.05) is 32.4 Å². The summed E-state index contributed by atoms with van der Waals surface area (Å²) in [7, 11) is -3.93. The molecule has 0 saturated carbocycles. The van der Waals surface area contributed by atoms with Gasteiger partial charge < -0.3 is 15.4 Å². The van der Waals surface area contributed by atoms with Crippen LogP contribution in [0, 0.1) is 0 Å². The summed E-state index contributed by atoms with van der Waals surface area (Å²) < 4.78 is 31.3. The van der Waals surface area contributed by atoms with Crippen molar-refractivity contribution in [2.45, 2.75) is 57.7 Å². The summed E-state index contributed by atoms with van der Waals surface area (Å²) in [6, 6.07) is 4.82. The van der Waals surface area contributed by atoms with Crippen LogP contribution in [-0.2, 0) is 24.3 Å². The second-order valence-corrected chi connectivity index (χ2v) is 8.56. The minimum atomic E-state index is -3.93. The number of amides is 2. The highest BCUT2D eigenvalue weighted by Gasteiger charge is 2.28. The number of hydrogen-bond acceptors (Lipinski definition) is 6. The Labute approximate surface area is 165 Å². The fourth-order valence-corrected chi connectivity index (χ4v) is 3.61. The first-order chi connectivity index (χ1) is 12.9. The van der Waals surface area contributed by atoms with Crippen LogP contribution in [0.1, 0.15) is 45.0 Å². The minimum Gasteiger partial charge on any atom is -0.449 e. The zero-order valence-electron chi connectivity index (χ0n) is 16.6. The van der Waals surface area contributed by atoms with Crippen LogP contribution in [0.3, 0.4) is 0 Å². The molecule has 28 heavy (non-hydrogen) atoms. The minimum absolute atomic E-state index is 0.0500. The van der Waals surface area contributed by atoms with Gasteiger partial charge >= 0.3 is 5.97 Å². The molecule has 0 unspecified atom stereocenters. The third kappa shape index (κ3) is 6.31. The third-order valence-corrected chi connectivity index (χ3v) is 5.25. The molecular formula is C18H27N3O6S. The number of hydrogen-bond donors (Lipinski definition) is 2. The Hall–Kier alpha value is -2.46. The van der Waals surface area contributed by atoms with Crippen molar-refractivity contribution in [1.82, 2.24) is 9.62 Å². The Morgan fingerprint density at radius 2 is 1.54 bits per heavy atom. The van der Waals surface area contributed by atoms with E-state index in [-0.39, 0.29) is 28.4 Å². The molecule has 156 valence electrons. The van der Waals surface area contributed by atoms with Gasteiger partial charge in [0, 0.05) is 12.1 Å². The summed E-state index contributed by atoms with van der Waals surface area (Å²) in [5.74, 6) is -1.88.